The molecule has 11 unspecified atom stereocenters. The highest BCUT2D eigenvalue weighted by Gasteiger charge is 2.65. The van der Waals surface area contributed by atoms with Crippen molar-refractivity contribution in [2.75, 3.05) is 6.61 Å². The van der Waals surface area contributed by atoms with Crippen molar-refractivity contribution in [1.29, 1.82) is 0 Å². The van der Waals surface area contributed by atoms with Crippen molar-refractivity contribution in [1.82, 2.24) is 0 Å². The lowest BCUT2D eigenvalue weighted by Gasteiger charge is -2.61. The largest absolute Gasteiger partial charge is 0.459 e. The molecule has 4 aliphatic carbocycles. The SMILES string of the molecule is C/C(=C/CC1OC2CC3C4CCC5CC(OC(=O)c6ccccc6)CCC5(C)C4CCC3(C)C2C1C)COC(=O)c1ccccc1. The van der Waals surface area contributed by atoms with Crippen molar-refractivity contribution in [2.45, 2.75) is 104 Å². The van der Waals surface area contributed by atoms with Crippen molar-refractivity contribution < 1.29 is 23.8 Å². The fraction of sp³-hybridized carbons (Fsp3) is 0.610. The minimum absolute atomic E-state index is 0.0433. The molecule has 1 aliphatic heterocycles. The van der Waals surface area contributed by atoms with Crippen molar-refractivity contribution in [3.05, 3.63) is 83.4 Å². The molecular weight excluding hydrogens is 572 g/mol. The Labute approximate surface area is 275 Å². The lowest BCUT2D eigenvalue weighted by molar-refractivity contribution is -0.131. The number of benzene rings is 2. The predicted octanol–water partition coefficient (Wildman–Crippen LogP) is 9.08. The first-order chi connectivity index (χ1) is 22.2. The van der Waals surface area contributed by atoms with Gasteiger partial charge in [-0.15, -0.1) is 0 Å². The summed E-state index contributed by atoms with van der Waals surface area (Å²) in [6.45, 7) is 10.0. The van der Waals surface area contributed by atoms with E-state index in [-0.39, 0.29) is 24.1 Å². The summed E-state index contributed by atoms with van der Waals surface area (Å²) in [4.78, 5) is 25.2. The van der Waals surface area contributed by atoms with Crippen molar-refractivity contribution in [2.24, 2.45) is 46.3 Å². The molecular formula is C41H52O5. The molecule has 4 saturated carbocycles. The van der Waals surface area contributed by atoms with Gasteiger partial charge < -0.3 is 14.2 Å². The molecule has 2 aromatic rings. The van der Waals surface area contributed by atoms with E-state index in [4.69, 9.17) is 14.2 Å². The van der Waals surface area contributed by atoms with E-state index in [2.05, 4.69) is 33.8 Å². The summed E-state index contributed by atoms with van der Waals surface area (Å²) in [6.07, 6.45) is 13.3. The van der Waals surface area contributed by atoms with Gasteiger partial charge in [-0.2, -0.15) is 0 Å². The highest BCUT2D eigenvalue weighted by atomic mass is 16.5. The Kier molecular flexibility index (Phi) is 8.67. The van der Waals surface area contributed by atoms with Crippen LogP contribution >= 0.6 is 0 Å². The molecule has 246 valence electrons. The number of hydrogen-bond donors (Lipinski definition) is 0. The standard InChI is InChI=1S/C41H52O5/c1-26(25-44-38(42)28-11-7-5-8-12-28)15-18-35-27(2)37-36(46-35)24-34-32-17-16-30-23-31(45-39(43)29-13-9-6-10-14-29)19-21-40(30,3)33(32)20-22-41(34,37)4/h5-15,27,30-37H,16-25H2,1-4H3/b26-15-. The van der Waals surface area contributed by atoms with Crippen LogP contribution in [0.1, 0.15) is 106 Å². The Balaban J connectivity index is 0.952. The Bertz CT molecular complexity index is 1440. The van der Waals surface area contributed by atoms with Gasteiger partial charge in [0.15, 0.2) is 0 Å². The predicted molar refractivity (Wildman–Crippen MR) is 179 cm³/mol. The van der Waals surface area contributed by atoms with Crippen LogP contribution in [0.15, 0.2) is 72.3 Å². The van der Waals surface area contributed by atoms with Crippen molar-refractivity contribution >= 4 is 11.9 Å². The van der Waals surface area contributed by atoms with Gasteiger partial charge in [0.1, 0.15) is 12.7 Å². The lowest BCUT2D eigenvalue weighted by Crippen LogP contribution is -2.54. The highest BCUT2D eigenvalue weighted by molar-refractivity contribution is 5.89. The molecule has 2 aromatic carbocycles. The maximum atomic E-state index is 12.8. The zero-order valence-corrected chi connectivity index (χ0v) is 28.2. The van der Waals surface area contributed by atoms with Crippen LogP contribution in [0.2, 0.25) is 0 Å². The fourth-order valence-corrected chi connectivity index (χ4v) is 11.3. The summed E-state index contributed by atoms with van der Waals surface area (Å²) in [5.41, 5.74) is 3.02. The Morgan fingerprint density at radius 3 is 2.24 bits per heavy atom. The third kappa shape index (κ3) is 5.65. The van der Waals surface area contributed by atoms with E-state index in [0.717, 1.165) is 42.6 Å². The zero-order chi connectivity index (χ0) is 32.1. The van der Waals surface area contributed by atoms with Crippen LogP contribution in [0.5, 0.6) is 0 Å². The van der Waals surface area contributed by atoms with Crippen molar-refractivity contribution in [3.63, 3.8) is 0 Å². The van der Waals surface area contributed by atoms with Gasteiger partial charge in [0.2, 0.25) is 0 Å². The third-order valence-corrected chi connectivity index (χ3v) is 13.6. The van der Waals surface area contributed by atoms with Crippen LogP contribution in [0.3, 0.4) is 0 Å². The second-order valence-electron chi connectivity index (χ2n) is 15.9. The first-order valence-corrected chi connectivity index (χ1v) is 18.0. The zero-order valence-electron chi connectivity index (χ0n) is 28.2. The number of esters is 2. The average molecular weight is 625 g/mol. The molecule has 0 N–H and O–H groups in total. The van der Waals surface area contributed by atoms with E-state index in [0.29, 0.717) is 52.4 Å². The number of rotatable bonds is 7. The normalized spacial score (nSPS) is 39.8. The molecule has 0 bridgehead atoms. The first-order valence-electron chi connectivity index (χ1n) is 18.0. The smallest absolute Gasteiger partial charge is 0.338 e. The molecule has 5 fully saturated rings. The molecule has 0 aromatic heterocycles. The van der Waals surface area contributed by atoms with Gasteiger partial charge >= 0.3 is 11.9 Å². The Hall–Kier alpha value is -2.92. The summed E-state index contributed by atoms with van der Waals surface area (Å²) >= 11 is 0. The number of hydrogen-bond acceptors (Lipinski definition) is 5. The Morgan fingerprint density at radius 2 is 1.52 bits per heavy atom. The number of fused-ring (bicyclic) bond motifs is 7. The van der Waals surface area contributed by atoms with E-state index in [1.54, 1.807) is 12.1 Å². The van der Waals surface area contributed by atoms with Gasteiger partial charge in [-0.05, 0) is 141 Å². The van der Waals surface area contributed by atoms with E-state index in [1.165, 1.54) is 38.5 Å². The first kappa shape index (κ1) is 31.7. The monoisotopic (exact) mass is 624 g/mol. The van der Waals surface area contributed by atoms with E-state index < -0.39 is 0 Å². The summed E-state index contributed by atoms with van der Waals surface area (Å²) in [6, 6.07) is 18.7. The molecule has 1 heterocycles. The second-order valence-corrected chi connectivity index (χ2v) is 15.9. The Morgan fingerprint density at radius 1 is 0.848 bits per heavy atom. The molecule has 0 amide bonds. The van der Waals surface area contributed by atoms with Crippen molar-refractivity contribution in [3.8, 4) is 0 Å². The van der Waals surface area contributed by atoms with Crippen LogP contribution in [-0.2, 0) is 14.2 Å². The molecule has 0 radical (unpaired) electrons. The summed E-state index contributed by atoms with van der Waals surface area (Å²) in [5, 5.41) is 0. The minimum atomic E-state index is -0.273. The number of ether oxygens (including phenoxy) is 3. The van der Waals surface area contributed by atoms with Gasteiger partial charge in [0, 0.05) is 0 Å². The molecule has 5 heteroatoms. The van der Waals surface area contributed by atoms with E-state index in [9.17, 15) is 9.59 Å². The van der Waals surface area contributed by atoms with Gasteiger partial charge in [0.05, 0.1) is 23.3 Å². The summed E-state index contributed by atoms with van der Waals surface area (Å²) < 4.78 is 18.5. The second kappa shape index (κ2) is 12.6. The lowest BCUT2D eigenvalue weighted by atomic mass is 9.44. The van der Waals surface area contributed by atoms with Crippen LogP contribution in [0, 0.1) is 46.3 Å². The molecule has 7 rings (SSSR count). The maximum absolute atomic E-state index is 12.8. The molecule has 11 atom stereocenters. The average Bonchev–Trinajstić information content (AvgIpc) is 3.56. The molecule has 5 aliphatic rings. The molecule has 1 saturated heterocycles. The van der Waals surface area contributed by atoms with Crippen LogP contribution in [0.4, 0.5) is 0 Å². The fourth-order valence-electron chi connectivity index (χ4n) is 11.3. The number of carbonyl (C=O) groups is 2. The molecule has 46 heavy (non-hydrogen) atoms. The highest BCUT2D eigenvalue weighted by Crippen LogP contribution is 2.70. The third-order valence-electron chi connectivity index (χ3n) is 13.6. The van der Waals surface area contributed by atoms with Crippen LogP contribution < -0.4 is 0 Å². The van der Waals surface area contributed by atoms with Gasteiger partial charge in [0.25, 0.3) is 0 Å². The minimum Gasteiger partial charge on any atom is -0.459 e. The number of carbonyl (C=O) groups excluding carboxylic acids is 2. The quantitative estimate of drug-likeness (QED) is 0.227. The van der Waals surface area contributed by atoms with Gasteiger partial charge in [-0.3, -0.25) is 0 Å². The summed E-state index contributed by atoms with van der Waals surface area (Å²) in [5.74, 6) is 3.63. The van der Waals surface area contributed by atoms with E-state index in [1.807, 2.05) is 48.5 Å². The molecule has 0 spiro atoms. The van der Waals surface area contributed by atoms with Crippen LogP contribution in [0.25, 0.3) is 0 Å². The maximum Gasteiger partial charge on any atom is 0.338 e. The van der Waals surface area contributed by atoms with Gasteiger partial charge in [-0.25, -0.2) is 9.59 Å². The van der Waals surface area contributed by atoms with E-state index >= 15 is 0 Å². The van der Waals surface area contributed by atoms with Crippen LogP contribution in [-0.4, -0.2) is 36.9 Å². The van der Waals surface area contributed by atoms with Gasteiger partial charge in [-0.1, -0.05) is 63.2 Å². The summed E-state index contributed by atoms with van der Waals surface area (Å²) in [7, 11) is 0. The topological polar surface area (TPSA) is 61.8 Å². The molecule has 5 nitrogen and oxygen atoms in total.